The van der Waals surface area contributed by atoms with Crippen molar-refractivity contribution < 1.29 is 14.3 Å². The largest absolute Gasteiger partial charge is 0.477 e. The maximum atomic E-state index is 11.8. The summed E-state index contributed by atoms with van der Waals surface area (Å²) in [6.07, 6.45) is -0.0914. The summed E-state index contributed by atoms with van der Waals surface area (Å²) in [5.41, 5.74) is 2.53. The number of carbonyl (C=O) groups is 1. The molecule has 0 saturated heterocycles. The minimum absolute atomic E-state index is 0.152. The lowest BCUT2D eigenvalue weighted by molar-refractivity contribution is -0.150. The maximum Gasteiger partial charge on any atom is 0.347 e. The fraction of sp³-hybridized carbons (Fsp3) is 0.333. The van der Waals surface area contributed by atoms with Crippen molar-refractivity contribution in [3.05, 3.63) is 39.7 Å². The van der Waals surface area contributed by atoms with Crippen LogP contribution in [0.5, 0.6) is 5.75 Å². The molecule has 1 atom stereocenters. The Labute approximate surface area is 115 Å². The third-order valence-corrected chi connectivity index (χ3v) is 3.46. The predicted octanol–water partition coefficient (Wildman–Crippen LogP) is 1.70. The standard InChI is InChI=1S/C15H15NO4/c1-3-19-15(18)11-7-9-6-8(2)13-10(14(9)20-11)4-5-12(17)16-13/h4-6,11H,3,7H2,1-2H3,(H,16,17). The van der Waals surface area contributed by atoms with Gasteiger partial charge in [0, 0.05) is 17.9 Å². The summed E-state index contributed by atoms with van der Waals surface area (Å²) >= 11 is 0. The summed E-state index contributed by atoms with van der Waals surface area (Å²) < 4.78 is 10.7. The molecule has 1 N–H and O–H groups in total. The van der Waals surface area contributed by atoms with Gasteiger partial charge in [-0.3, -0.25) is 4.79 Å². The quantitative estimate of drug-likeness (QED) is 0.846. The molecule has 5 nitrogen and oxygen atoms in total. The molecule has 1 unspecified atom stereocenters. The summed E-state index contributed by atoms with van der Waals surface area (Å²) in [7, 11) is 0. The lowest BCUT2D eigenvalue weighted by Gasteiger charge is -2.10. The van der Waals surface area contributed by atoms with Crippen molar-refractivity contribution in [3.63, 3.8) is 0 Å². The van der Waals surface area contributed by atoms with Gasteiger partial charge in [-0.1, -0.05) is 6.07 Å². The van der Waals surface area contributed by atoms with Gasteiger partial charge in [0.05, 0.1) is 12.1 Å². The van der Waals surface area contributed by atoms with Gasteiger partial charge >= 0.3 is 5.97 Å². The van der Waals surface area contributed by atoms with Crippen LogP contribution in [-0.2, 0) is 16.0 Å². The Bertz CT molecular complexity index is 747. The zero-order valence-electron chi connectivity index (χ0n) is 11.4. The summed E-state index contributed by atoms with van der Waals surface area (Å²) in [5, 5.41) is 0.825. The molecular weight excluding hydrogens is 258 g/mol. The van der Waals surface area contributed by atoms with E-state index in [0.29, 0.717) is 18.8 Å². The van der Waals surface area contributed by atoms with Gasteiger partial charge in [-0.2, -0.15) is 0 Å². The number of ether oxygens (including phenoxy) is 2. The molecule has 104 valence electrons. The van der Waals surface area contributed by atoms with Gasteiger partial charge in [0.1, 0.15) is 5.75 Å². The number of hydrogen-bond acceptors (Lipinski definition) is 4. The fourth-order valence-corrected chi connectivity index (χ4v) is 2.59. The van der Waals surface area contributed by atoms with Gasteiger partial charge in [-0.15, -0.1) is 0 Å². The monoisotopic (exact) mass is 273 g/mol. The first-order chi connectivity index (χ1) is 9.60. The van der Waals surface area contributed by atoms with Gasteiger partial charge in [-0.25, -0.2) is 4.79 Å². The van der Waals surface area contributed by atoms with Crippen LogP contribution in [0.3, 0.4) is 0 Å². The van der Waals surface area contributed by atoms with Crippen LogP contribution in [0.15, 0.2) is 23.0 Å². The molecule has 1 aromatic carbocycles. The van der Waals surface area contributed by atoms with E-state index in [9.17, 15) is 9.59 Å². The van der Waals surface area contributed by atoms with E-state index in [1.807, 2.05) is 13.0 Å². The van der Waals surface area contributed by atoms with Crippen LogP contribution < -0.4 is 10.3 Å². The number of aryl methyl sites for hydroxylation is 1. The minimum atomic E-state index is -0.595. The van der Waals surface area contributed by atoms with Crippen molar-refractivity contribution >= 4 is 16.9 Å². The Morgan fingerprint density at radius 1 is 1.50 bits per heavy atom. The number of H-pyrrole nitrogens is 1. The Balaban J connectivity index is 2.08. The Hall–Kier alpha value is -2.30. The van der Waals surface area contributed by atoms with E-state index in [-0.39, 0.29) is 11.5 Å². The third kappa shape index (κ3) is 1.95. The molecule has 0 aliphatic carbocycles. The number of pyridine rings is 1. The summed E-state index contributed by atoms with van der Waals surface area (Å²) in [4.78, 5) is 26.0. The summed E-state index contributed by atoms with van der Waals surface area (Å²) in [6.45, 7) is 4.03. The number of hydrogen-bond donors (Lipinski definition) is 1. The van der Waals surface area contributed by atoms with Crippen molar-refractivity contribution in [2.75, 3.05) is 6.61 Å². The van der Waals surface area contributed by atoms with Crippen LogP contribution in [0.4, 0.5) is 0 Å². The second-order valence-electron chi connectivity index (χ2n) is 4.86. The molecule has 2 aromatic rings. The lowest BCUT2D eigenvalue weighted by atomic mass is 10.0. The maximum absolute atomic E-state index is 11.8. The molecule has 2 heterocycles. The smallest absolute Gasteiger partial charge is 0.347 e. The predicted molar refractivity (Wildman–Crippen MR) is 74.1 cm³/mol. The normalized spacial score (nSPS) is 16.8. The molecule has 3 rings (SSSR count). The number of carbonyl (C=O) groups excluding carboxylic acids is 1. The van der Waals surface area contributed by atoms with E-state index >= 15 is 0 Å². The second kappa shape index (κ2) is 4.67. The van der Waals surface area contributed by atoms with Crippen LogP contribution in [0.25, 0.3) is 10.9 Å². The van der Waals surface area contributed by atoms with Gasteiger partial charge in [0.2, 0.25) is 5.56 Å². The van der Waals surface area contributed by atoms with Crippen LogP contribution in [0, 0.1) is 6.92 Å². The van der Waals surface area contributed by atoms with E-state index < -0.39 is 6.10 Å². The molecule has 0 amide bonds. The van der Waals surface area contributed by atoms with Crippen molar-refractivity contribution in [2.45, 2.75) is 26.4 Å². The van der Waals surface area contributed by atoms with Crippen LogP contribution in [0.2, 0.25) is 0 Å². The van der Waals surface area contributed by atoms with Crippen molar-refractivity contribution in [2.24, 2.45) is 0 Å². The highest BCUT2D eigenvalue weighted by atomic mass is 16.6. The van der Waals surface area contributed by atoms with E-state index in [4.69, 9.17) is 9.47 Å². The van der Waals surface area contributed by atoms with Gasteiger partial charge in [-0.05, 0) is 31.0 Å². The number of benzene rings is 1. The molecule has 20 heavy (non-hydrogen) atoms. The number of aromatic amines is 1. The molecule has 0 spiro atoms. The third-order valence-electron chi connectivity index (χ3n) is 3.46. The average Bonchev–Trinajstić information content (AvgIpc) is 2.83. The zero-order chi connectivity index (χ0) is 14.3. The van der Waals surface area contributed by atoms with Crippen molar-refractivity contribution in [1.29, 1.82) is 0 Å². The summed E-state index contributed by atoms with van der Waals surface area (Å²) in [5.74, 6) is 0.318. The molecule has 0 bridgehead atoms. The highest BCUT2D eigenvalue weighted by Gasteiger charge is 2.32. The fourth-order valence-electron chi connectivity index (χ4n) is 2.59. The molecule has 0 radical (unpaired) electrons. The number of fused-ring (bicyclic) bond motifs is 3. The van der Waals surface area contributed by atoms with E-state index in [1.165, 1.54) is 6.07 Å². The molecule has 5 heteroatoms. The SMILES string of the molecule is CCOC(=O)C1Cc2cc(C)c3[nH]c(=O)ccc3c2O1. The number of aromatic nitrogens is 1. The molecular formula is C15H15NO4. The van der Waals surface area contributed by atoms with Crippen LogP contribution in [0.1, 0.15) is 18.1 Å². The highest BCUT2D eigenvalue weighted by Crippen LogP contribution is 2.37. The zero-order valence-corrected chi connectivity index (χ0v) is 11.4. The van der Waals surface area contributed by atoms with E-state index in [1.54, 1.807) is 13.0 Å². The van der Waals surface area contributed by atoms with E-state index in [2.05, 4.69) is 4.98 Å². The Morgan fingerprint density at radius 2 is 2.30 bits per heavy atom. The number of rotatable bonds is 2. The Morgan fingerprint density at radius 3 is 3.05 bits per heavy atom. The molecule has 0 fully saturated rings. The minimum Gasteiger partial charge on any atom is -0.477 e. The van der Waals surface area contributed by atoms with E-state index in [0.717, 1.165) is 22.0 Å². The van der Waals surface area contributed by atoms with Crippen molar-refractivity contribution in [1.82, 2.24) is 4.98 Å². The summed E-state index contributed by atoms with van der Waals surface area (Å²) in [6, 6.07) is 5.14. The second-order valence-corrected chi connectivity index (χ2v) is 4.86. The van der Waals surface area contributed by atoms with Crippen LogP contribution in [-0.4, -0.2) is 23.7 Å². The topological polar surface area (TPSA) is 68.4 Å². The molecule has 1 aliphatic heterocycles. The average molecular weight is 273 g/mol. The number of nitrogens with one attached hydrogen (secondary N) is 1. The van der Waals surface area contributed by atoms with Crippen molar-refractivity contribution in [3.8, 4) is 5.75 Å². The highest BCUT2D eigenvalue weighted by molar-refractivity contribution is 5.91. The van der Waals surface area contributed by atoms with Gasteiger partial charge in [0.25, 0.3) is 0 Å². The first-order valence-electron chi connectivity index (χ1n) is 6.59. The first-order valence-corrected chi connectivity index (χ1v) is 6.59. The van der Waals surface area contributed by atoms with Gasteiger partial charge in [0.15, 0.2) is 6.10 Å². The first kappa shape index (κ1) is 12.7. The number of esters is 1. The Kier molecular flexibility index (Phi) is 2.97. The van der Waals surface area contributed by atoms with Crippen LogP contribution >= 0.6 is 0 Å². The molecule has 1 aromatic heterocycles. The molecule has 1 aliphatic rings. The lowest BCUT2D eigenvalue weighted by Crippen LogP contribution is -2.27. The molecule has 0 saturated carbocycles. The van der Waals surface area contributed by atoms with Gasteiger partial charge < -0.3 is 14.5 Å².